The maximum atomic E-state index is 9.40. The number of aliphatic hydroxyl groups excluding tert-OH is 1. The molecule has 2 heterocycles. The van der Waals surface area contributed by atoms with E-state index in [4.69, 9.17) is 0 Å². The third-order valence-corrected chi connectivity index (χ3v) is 4.68. The molecule has 0 spiro atoms. The van der Waals surface area contributed by atoms with Gasteiger partial charge in [-0.1, -0.05) is 12.1 Å². The molecule has 2 aromatic rings. The van der Waals surface area contributed by atoms with Crippen LogP contribution in [0, 0.1) is 0 Å². The Labute approximate surface area is 138 Å². The fraction of sp³-hybridized carbons (Fsp3) is 0.500. The number of hydrogen-bond donors (Lipinski definition) is 1. The van der Waals surface area contributed by atoms with Crippen LogP contribution in [0.4, 0.5) is 0 Å². The van der Waals surface area contributed by atoms with Gasteiger partial charge in [-0.25, -0.2) is 4.68 Å². The van der Waals surface area contributed by atoms with Crippen LogP contribution >= 0.6 is 0 Å². The van der Waals surface area contributed by atoms with E-state index >= 15 is 0 Å². The molecule has 1 saturated heterocycles. The van der Waals surface area contributed by atoms with Gasteiger partial charge in [0.05, 0.1) is 12.3 Å². The average Bonchev–Trinajstić information content (AvgIpc) is 3.10. The van der Waals surface area contributed by atoms with Gasteiger partial charge >= 0.3 is 0 Å². The van der Waals surface area contributed by atoms with Gasteiger partial charge in [0, 0.05) is 31.5 Å². The van der Waals surface area contributed by atoms with Crippen LogP contribution in [0.5, 0.6) is 0 Å². The third-order valence-electron chi connectivity index (χ3n) is 4.68. The number of likely N-dealkylation sites (tertiary alicyclic amines) is 1. The maximum Gasteiger partial charge on any atom is 0.0645 e. The molecule has 0 atom stereocenters. The Kier molecular flexibility index (Phi) is 5.43. The van der Waals surface area contributed by atoms with Gasteiger partial charge < -0.3 is 10.0 Å². The van der Waals surface area contributed by atoms with E-state index in [0.29, 0.717) is 6.04 Å². The molecule has 1 aliphatic heterocycles. The summed E-state index contributed by atoms with van der Waals surface area (Å²) in [6.45, 7) is 4.15. The Morgan fingerprint density at radius 2 is 1.96 bits per heavy atom. The predicted octanol–water partition coefficient (Wildman–Crippen LogP) is 1.76. The molecular weight excluding hydrogens is 288 g/mol. The van der Waals surface area contributed by atoms with Gasteiger partial charge in [-0.15, -0.1) is 0 Å². The molecule has 1 aromatic carbocycles. The van der Waals surface area contributed by atoms with Crippen LogP contribution in [0.15, 0.2) is 42.7 Å². The van der Waals surface area contributed by atoms with Crippen LogP contribution in [-0.2, 0) is 6.54 Å². The summed E-state index contributed by atoms with van der Waals surface area (Å²) in [6.07, 6.45) is 6.10. The van der Waals surface area contributed by atoms with Crippen LogP contribution in [0.3, 0.4) is 0 Å². The van der Waals surface area contributed by atoms with E-state index in [-0.39, 0.29) is 6.61 Å². The second kappa shape index (κ2) is 7.73. The molecule has 1 aliphatic rings. The van der Waals surface area contributed by atoms with E-state index in [1.165, 1.54) is 18.4 Å². The van der Waals surface area contributed by atoms with Gasteiger partial charge in [0.25, 0.3) is 0 Å². The monoisotopic (exact) mass is 314 g/mol. The first-order valence-corrected chi connectivity index (χ1v) is 8.38. The predicted molar refractivity (Wildman–Crippen MR) is 91.6 cm³/mol. The molecule has 5 heteroatoms. The lowest BCUT2D eigenvalue weighted by molar-refractivity contribution is 0.0941. The molecule has 23 heavy (non-hydrogen) atoms. The number of hydrogen-bond acceptors (Lipinski definition) is 4. The van der Waals surface area contributed by atoms with Gasteiger partial charge in [0.1, 0.15) is 0 Å². The van der Waals surface area contributed by atoms with Gasteiger partial charge in [-0.2, -0.15) is 5.10 Å². The molecule has 1 fully saturated rings. The Hall–Kier alpha value is -1.69. The standard InChI is InChI=1S/C18H26N4O/c1-20-11-7-17(8-12-20)21(13-14-23)15-16-3-5-18(6-4-16)22-10-2-9-19-22/h2-6,9-10,17,23H,7-8,11-15H2,1H3. The summed E-state index contributed by atoms with van der Waals surface area (Å²) in [5, 5.41) is 13.7. The van der Waals surface area contributed by atoms with Crippen molar-refractivity contribution in [3.05, 3.63) is 48.3 Å². The Morgan fingerprint density at radius 1 is 1.22 bits per heavy atom. The molecule has 5 nitrogen and oxygen atoms in total. The summed E-state index contributed by atoms with van der Waals surface area (Å²) in [5.41, 5.74) is 2.36. The summed E-state index contributed by atoms with van der Waals surface area (Å²) in [7, 11) is 2.18. The number of aromatic nitrogens is 2. The molecule has 0 aliphatic carbocycles. The Morgan fingerprint density at radius 3 is 2.57 bits per heavy atom. The zero-order chi connectivity index (χ0) is 16.1. The van der Waals surface area contributed by atoms with Crippen molar-refractivity contribution in [1.82, 2.24) is 19.6 Å². The maximum absolute atomic E-state index is 9.40. The van der Waals surface area contributed by atoms with Crippen molar-refractivity contribution in [2.45, 2.75) is 25.4 Å². The summed E-state index contributed by atoms with van der Waals surface area (Å²) >= 11 is 0. The molecule has 0 amide bonds. The highest BCUT2D eigenvalue weighted by Gasteiger charge is 2.22. The molecule has 0 unspecified atom stereocenters. The van der Waals surface area contributed by atoms with Crippen molar-refractivity contribution in [1.29, 1.82) is 0 Å². The minimum atomic E-state index is 0.220. The van der Waals surface area contributed by atoms with Crippen molar-refractivity contribution in [3.63, 3.8) is 0 Å². The third kappa shape index (κ3) is 4.19. The lowest BCUT2D eigenvalue weighted by Crippen LogP contribution is -2.44. The lowest BCUT2D eigenvalue weighted by atomic mass is 10.0. The van der Waals surface area contributed by atoms with E-state index in [1.807, 2.05) is 16.9 Å². The van der Waals surface area contributed by atoms with E-state index in [2.05, 4.69) is 46.2 Å². The normalized spacial score (nSPS) is 17.0. The zero-order valence-corrected chi connectivity index (χ0v) is 13.8. The van der Waals surface area contributed by atoms with E-state index in [9.17, 15) is 5.11 Å². The van der Waals surface area contributed by atoms with Crippen LogP contribution in [0.1, 0.15) is 18.4 Å². The summed E-state index contributed by atoms with van der Waals surface area (Å²) < 4.78 is 1.87. The molecule has 124 valence electrons. The first-order valence-electron chi connectivity index (χ1n) is 8.38. The first-order chi connectivity index (χ1) is 11.3. The number of piperidine rings is 1. The van der Waals surface area contributed by atoms with Crippen LogP contribution < -0.4 is 0 Å². The molecule has 0 bridgehead atoms. The van der Waals surface area contributed by atoms with Gasteiger partial charge in [-0.05, 0) is 56.7 Å². The van der Waals surface area contributed by atoms with Crippen LogP contribution in [0.2, 0.25) is 0 Å². The molecule has 0 saturated carbocycles. The minimum absolute atomic E-state index is 0.220. The van der Waals surface area contributed by atoms with Crippen LogP contribution in [0.25, 0.3) is 5.69 Å². The zero-order valence-electron chi connectivity index (χ0n) is 13.8. The topological polar surface area (TPSA) is 44.5 Å². The Balaban J connectivity index is 1.65. The summed E-state index contributed by atoms with van der Waals surface area (Å²) in [4.78, 5) is 4.81. The molecular formula is C18H26N4O. The Bertz CT molecular complexity index is 574. The summed E-state index contributed by atoms with van der Waals surface area (Å²) in [5.74, 6) is 0. The van der Waals surface area contributed by atoms with Crippen molar-refractivity contribution < 1.29 is 5.11 Å². The SMILES string of the molecule is CN1CCC(N(CCO)Cc2ccc(-n3cccn3)cc2)CC1. The molecule has 0 radical (unpaired) electrons. The van der Waals surface area contributed by atoms with Gasteiger partial charge in [-0.3, -0.25) is 4.90 Å². The fourth-order valence-electron chi connectivity index (χ4n) is 3.29. The first kappa shape index (κ1) is 16.2. The van der Waals surface area contributed by atoms with E-state index in [1.54, 1.807) is 6.20 Å². The molecule has 1 N–H and O–H groups in total. The van der Waals surface area contributed by atoms with E-state index in [0.717, 1.165) is 31.9 Å². The highest BCUT2D eigenvalue weighted by atomic mass is 16.3. The van der Waals surface area contributed by atoms with E-state index < -0.39 is 0 Å². The second-order valence-electron chi connectivity index (χ2n) is 6.35. The van der Waals surface area contributed by atoms with Gasteiger partial charge in [0.15, 0.2) is 0 Å². The lowest BCUT2D eigenvalue weighted by Gasteiger charge is -2.37. The number of nitrogens with zero attached hydrogens (tertiary/aromatic N) is 4. The average molecular weight is 314 g/mol. The number of aliphatic hydroxyl groups is 1. The largest absolute Gasteiger partial charge is 0.395 e. The fourth-order valence-corrected chi connectivity index (χ4v) is 3.29. The molecule has 3 rings (SSSR count). The van der Waals surface area contributed by atoms with Crippen molar-refractivity contribution >= 4 is 0 Å². The van der Waals surface area contributed by atoms with Crippen molar-refractivity contribution in [3.8, 4) is 5.69 Å². The second-order valence-corrected chi connectivity index (χ2v) is 6.35. The smallest absolute Gasteiger partial charge is 0.0645 e. The van der Waals surface area contributed by atoms with Gasteiger partial charge in [0.2, 0.25) is 0 Å². The quantitative estimate of drug-likeness (QED) is 0.882. The summed E-state index contributed by atoms with van der Waals surface area (Å²) in [6, 6.07) is 11.0. The highest BCUT2D eigenvalue weighted by molar-refractivity contribution is 5.33. The highest BCUT2D eigenvalue weighted by Crippen LogP contribution is 2.19. The molecule has 1 aromatic heterocycles. The van der Waals surface area contributed by atoms with Crippen molar-refractivity contribution in [2.75, 3.05) is 33.3 Å². The number of rotatable bonds is 6. The minimum Gasteiger partial charge on any atom is -0.395 e. The van der Waals surface area contributed by atoms with Crippen LogP contribution in [-0.4, -0.2) is 64.0 Å². The number of benzene rings is 1. The van der Waals surface area contributed by atoms with Crippen molar-refractivity contribution in [2.24, 2.45) is 0 Å².